The number of hydrogen-bond donors (Lipinski definition) is 2. The van der Waals surface area contributed by atoms with Crippen molar-refractivity contribution in [2.45, 2.75) is 32.6 Å². The van der Waals surface area contributed by atoms with E-state index in [2.05, 4.69) is 12.2 Å². The van der Waals surface area contributed by atoms with E-state index in [4.69, 9.17) is 17.3 Å². The second-order valence-electron chi connectivity index (χ2n) is 6.55. The quantitative estimate of drug-likeness (QED) is 0.699. The van der Waals surface area contributed by atoms with Crippen LogP contribution in [0.1, 0.15) is 46.1 Å². The van der Waals surface area contributed by atoms with Crippen molar-refractivity contribution in [3.8, 4) is 0 Å². The summed E-state index contributed by atoms with van der Waals surface area (Å²) in [6, 6.07) is 4.31. The van der Waals surface area contributed by atoms with Crippen molar-refractivity contribution in [1.29, 1.82) is 0 Å². The molecule has 2 aromatic rings. The number of thiophene rings is 1. The lowest BCUT2D eigenvalue weighted by atomic mass is 9.85. The van der Waals surface area contributed by atoms with Crippen molar-refractivity contribution in [2.75, 3.05) is 5.32 Å². The molecule has 7 heteroatoms. The van der Waals surface area contributed by atoms with Gasteiger partial charge in [-0.3, -0.25) is 9.59 Å². The summed E-state index contributed by atoms with van der Waals surface area (Å²) in [7, 11) is 0. The van der Waals surface area contributed by atoms with Gasteiger partial charge in [-0.05, 0) is 49.0 Å². The zero-order valence-electron chi connectivity index (χ0n) is 14.9. The SMILES string of the molecule is CCC1CCc2c(sc(NC(=O)/C=C/c3c(F)cccc3Cl)c2C(N)=O)C1. The molecule has 1 unspecified atom stereocenters. The third-order valence-corrected chi connectivity index (χ3v) is 6.33. The van der Waals surface area contributed by atoms with Gasteiger partial charge in [0.2, 0.25) is 5.91 Å². The lowest BCUT2D eigenvalue weighted by molar-refractivity contribution is -0.111. The molecule has 3 N–H and O–H groups in total. The van der Waals surface area contributed by atoms with Gasteiger partial charge in [0, 0.05) is 16.5 Å². The summed E-state index contributed by atoms with van der Waals surface area (Å²) in [5, 5.41) is 3.39. The van der Waals surface area contributed by atoms with E-state index in [0.29, 0.717) is 16.5 Å². The van der Waals surface area contributed by atoms with E-state index in [1.807, 2.05) is 0 Å². The highest BCUT2D eigenvalue weighted by Crippen LogP contribution is 2.40. The molecule has 142 valence electrons. The second-order valence-corrected chi connectivity index (χ2v) is 8.06. The van der Waals surface area contributed by atoms with Gasteiger partial charge in [-0.2, -0.15) is 0 Å². The third kappa shape index (κ3) is 4.22. The van der Waals surface area contributed by atoms with Crippen molar-refractivity contribution in [3.63, 3.8) is 0 Å². The molecule has 1 aliphatic carbocycles. The van der Waals surface area contributed by atoms with Gasteiger partial charge in [0.05, 0.1) is 10.6 Å². The predicted octanol–water partition coefficient (Wildman–Crippen LogP) is 4.81. The molecule has 0 bridgehead atoms. The van der Waals surface area contributed by atoms with Gasteiger partial charge in [0.25, 0.3) is 5.91 Å². The smallest absolute Gasteiger partial charge is 0.251 e. The number of primary amides is 1. The van der Waals surface area contributed by atoms with Crippen LogP contribution in [0.3, 0.4) is 0 Å². The molecule has 0 spiro atoms. The maximum Gasteiger partial charge on any atom is 0.251 e. The molecule has 0 saturated carbocycles. The number of amides is 2. The van der Waals surface area contributed by atoms with E-state index in [1.54, 1.807) is 6.07 Å². The van der Waals surface area contributed by atoms with Crippen molar-refractivity contribution >= 4 is 45.8 Å². The molecular formula is C20H20ClFN2O2S. The van der Waals surface area contributed by atoms with E-state index < -0.39 is 17.6 Å². The van der Waals surface area contributed by atoms with E-state index in [1.165, 1.54) is 35.6 Å². The number of nitrogens with one attached hydrogen (secondary N) is 1. The highest BCUT2D eigenvalue weighted by Gasteiger charge is 2.27. The van der Waals surface area contributed by atoms with Crippen molar-refractivity contribution in [1.82, 2.24) is 0 Å². The average Bonchev–Trinajstić information content (AvgIpc) is 2.98. The molecule has 0 radical (unpaired) electrons. The zero-order chi connectivity index (χ0) is 19.6. The van der Waals surface area contributed by atoms with Gasteiger partial charge in [-0.1, -0.05) is 31.0 Å². The molecule has 27 heavy (non-hydrogen) atoms. The summed E-state index contributed by atoms with van der Waals surface area (Å²) in [5.74, 6) is -0.938. The molecule has 2 amide bonds. The Morgan fingerprint density at radius 2 is 2.22 bits per heavy atom. The summed E-state index contributed by atoms with van der Waals surface area (Å²) in [6.45, 7) is 2.15. The van der Waals surface area contributed by atoms with Gasteiger partial charge >= 0.3 is 0 Å². The van der Waals surface area contributed by atoms with Crippen molar-refractivity contribution in [2.24, 2.45) is 11.7 Å². The number of carbonyl (C=O) groups is 2. The maximum atomic E-state index is 13.8. The van der Waals surface area contributed by atoms with E-state index >= 15 is 0 Å². The number of carbonyl (C=O) groups excluding carboxylic acids is 2. The summed E-state index contributed by atoms with van der Waals surface area (Å²) in [5.41, 5.74) is 7.05. The first-order valence-electron chi connectivity index (χ1n) is 8.78. The number of halogens is 2. The molecule has 4 nitrogen and oxygen atoms in total. The Morgan fingerprint density at radius 1 is 1.44 bits per heavy atom. The van der Waals surface area contributed by atoms with Crippen LogP contribution < -0.4 is 11.1 Å². The Hall–Kier alpha value is -2.18. The van der Waals surface area contributed by atoms with Gasteiger partial charge in [-0.15, -0.1) is 11.3 Å². The summed E-state index contributed by atoms with van der Waals surface area (Å²) < 4.78 is 13.8. The minimum Gasteiger partial charge on any atom is -0.365 e. The van der Waals surface area contributed by atoms with E-state index in [9.17, 15) is 14.0 Å². The Balaban J connectivity index is 1.83. The predicted molar refractivity (Wildman–Crippen MR) is 108 cm³/mol. The van der Waals surface area contributed by atoms with Crippen LogP contribution in [-0.4, -0.2) is 11.8 Å². The van der Waals surface area contributed by atoms with Gasteiger partial charge in [-0.25, -0.2) is 4.39 Å². The maximum absolute atomic E-state index is 13.8. The number of hydrogen-bond acceptors (Lipinski definition) is 3. The third-order valence-electron chi connectivity index (χ3n) is 4.83. The summed E-state index contributed by atoms with van der Waals surface area (Å²) in [4.78, 5) is 25.4. The Kier molecular flexibility index (Phi) is 5.97. The highest BCUT2D eigenvalue weighted by atomic mass is 35.5. The van der Waals surface area contributed by atoms with Crippen LogP contribution in [0.25, 0.3) is 6.08 Å². The van der Waals surface area contributed by atoms with Crippen LogP contribution in [-0.2, 0) is 17.6 Å². The van der Waals surface area contributed by atoms with Gasteiger partial charge in [0.15, 0.2) is 0 Å². The molecule has 1 aromatic carbocycles. The van der Waals surface area contributed by atoms with E-state index in [-0.39, 0.29) is 10.6 Å². The molecule has 1 atom stereocenters. The second kappa shape index (κ2) is 8.23. The first-order chi connectivity index (χ1) is 12.9. The van der Waals surface area contributed by atoms with Crippen LogP contribution in [0.2, 0.25) is 5.02 Å². The highest BCUT2D eigenvalue weighted by molar-refractivity contribution is 7.17. The molecule has 1 heterocycles. The Morgan fingerprint density at radius 3 is 2.89 bits per heavy atom. The molecule has 0 fully saturated rings. The average molecular weight is 407 g/mol. The minimum absolute atomic E-state index is 0.140. The van der Waals surface area contributed by atoms with Crippen LogP contribution in [0, 0.1) is 11.7 Å². The molecule has 0 aliphatic heterocycles. The van der Waals surface area contributed by atoms with Crippen LogP contribution >= 0.6 is 22.9 Å². The number of nitrogens with two attached hydrogens (primary N) is 1. The fourth-order valence-corrected chi connectivity index (χ4v) is 4.93. The first-order valence-corrected chi connectivity index (χ1v) is 9.97. The van der Waals surface area contributed by atoms with Crippen LogP contribution in [0.15, 0.2) is 24.3 Å². The van der Waals surface area contributed by atoms with Crippen molar-refractivity contribution < 1.29 is 14.0 Å². The van der Waals surface area contributed by atoms with Crippen LogP contribution in [0.4, 0.5) is 9.39 Å². The minimum atomic E-state index is -0.543. The molecule has 1 aliphatic rings. The normalized spacial score (nSPS) is 16.3. The largest absolute Gasteiger partial charge is 0.365 e. The Labute approximate surface area is 166 Å². The standard InChI is InChI=1S/C20H20ClFN2O2S/c1-2-11-6-7-13-16(10-11)27-20(18(13)19(23)26)24-17(25)9-8-12-14(21)4-3-5-15(12)22/h3-5,8-9,11H,2,6-7,10H2,1H3,(H2,23,26)(H,24,25)/b9-8+. The van der Waals surface area contributed by atoms with Gasteiger partial charge < -0.3 is 11.1 Å². The lowest BCUT2D eigenvalue weighted by Gasteiger charge is -2.20. The fraction of sp³-hybridized carbons (Fsp3) is 0.300. The Bertz CT molecular complexity index is 903. The summed E-state index contributed by atoms with van der Waals surface area (Å²) >= 11 is 7.35. The number of anilines is 1. The van der Waals surface area contributed by atoms with Crippen LogP contribution in [0.5, 0.6) is 0 Å². The number of fused-ring (bicyclic) bond motifs is 1. The number of rotatable bonds is 5. The monoisotopic (exact) mass is 406 g/mol. The molecule has 1 aromatic heterocycles. The van der Waals surface area contributed by atoms with E-state index in [0.717, 1.165) is 36.1 Å². The molecule has 3 rings (SSSR count). The first kappa shape index (κ1) is 19.6. The fourth-order valence-electron chi connectivity index (χ4n) is 3.33. The van der Waals surface area contributed by atoms with Crippen molar-refractivity contribution in [3.05, 3.63) is 56.7 Å². The van der Waals surface area contributed by atoms with Gasteiger partial charge in [0.1, 0.15) is 10.8 Å². The summed E-state index contributed by atoms with van der Waals surface area (Å²) in [6.07, 6.45) is 6.29. The molecular weight excluding hydrogens is 387 g/mol. The zero-order valence-corrected chi connectivity index (χ0v) is 16.4. The molecule has 0 saturated heterocycles. The lowest BCUT2D eigenvalue weighted by Crippen LogP contribution is -2.19. The number of benzene rings is 1. The topological polar surface area (TPSA) is 72.2 Å².